The van der Waals surface area contributed by atoms with Gasteiger partial charge in [0, 0.05) is 19.5 Å². The van der Waals surface area contributed by atoms with Gasteiger partial charge in [-0.2, -0.15) is 0 Å². The molecule has 0 unspecified atom stereocenters. The van der Waals surface area contributed by atoms with Crippen LogP contribution in [0.2, 0.25) is 0 Å². The predicted molar refractivity (Wildman–Crippen MR) is 87.0 cm³/mol. The van der Waals surface area contributed by atoms with Gasteiger partial charge in [-0.25, -0.2) is 0 Å². The lowest BCUT2D eigenvalue weighted by molar-refractivity contribution is -0.132. The highest BCUT2D eigenvalue weighted by Crippen LogP contribution is 2.26. The molecule has 0 bridgehead atoms. The van der Waals surface area contributed by atoms with Gasteiger partial charge < -0.3 is 4.90 Å². The molecule has 2 heteroatoms. The molecule has 0 aromatic heterocycles. The van der Waals surface area contributed by atoms with Gasteiger partial charge in [-0.05, 0) is 29.2 Å². The molecule has 1 amide bonds. The van der Waals surface area contributed by atoms with Crippen LogP contribution in [-0.4, -0.2) is 16.8 Å². The highest BCUT2D eigenvalue weighted by Gasteiger charge is 2.23. The Balaban J connectivity index is 1.89. The quantitative estimate of drug-likeness (QED) is 0.810. The zero-order chi connectivity index (χ0) is 14.7. The Kier molecular flexibility index (Phi) is 4.23. The lowest BCUT2D eigenvalue weighted by Crippen LogP contribution is -2.39. The molecule has 2 nitrogen and oxygen atoms in total. The van der Waals surface area contributed by atoms with E-state index in [0.717, 1.165) is 19.4 Å². The van der Waals surface area contributed by atoms with Gasteiger partial charge in [0.25, 0.3) is 0 Å². The van der Waals surface area contributed by atoms with Crippen molar-refractivity contribution in [3.63, 3.8) is 0 Å². The highest BCUT2D eigenvalue weighted by molar-refractivity contribution is 5.86. The molecular weight excluding hydrogens is 258 g/mol. The van der Waals surface area contributed by atoms with Crippen LogP contribution < -0.4 is 0 Å². The van der Waals surface area contributed by atoms with E-state index in [0.29, 0.717) is 6.04 Å². The smallest absolute Gasteiger partial charge is 0.219 e. The number of amides is 1. The second-order valence-electron chi connectivity index (χ2n) is 6.08. The number of benzene rings is 2. The second kappa shape index (κ2) is 6.30. The first-order chi connectivity index (χ1) is 10.3. The van der Waals surface area contributed by atoms with Crippen molar-refractivity contribution in [1.29, 1.82) is 0 Å². The average molecular weight is 281 g/mol. The van der Waals surface area contributed by atoms with E-state index in [2.05, 4.69) is 47.4 Å². The van der Waals surface area contributed by atoms with Crippen LogP contribution in [0.3, 0.4) is 0 Å². The molecule has 0 aliphatic heterocycles. The molecule has 0 spiro atoms. The fourth-order valence-corrected chi connectivity index (χ4v) is 3.50. The number of hydrogen-bond acceptors (Lipinski definition) is 1. The number of carbonyl (C=O) groups excluding carboxylic acids is 1. The first-order valence-corrected chi connectivity index (χ1v) is 7.99. The Hall–Kier alpha value is -1.83. The van der Waals surface area contributed by atoms with E-state index in [1.165, 1.54) is 35.6 Å². The third-order valence-electron chi connectivity index (χ3n) is 4.64. The molecule has 3 rings (SSSR count). The molecule has 0 saturated heterocycles. The molecule has 21 heavy (non-hydrogen) atoms. The molecule has 2 aromatic rings. The maximum absolute atomic E-state index is 12.1. The topological polar surface area (TPSA) is 20.3 Å². The molecule has 0 N–H and O–H groups in total. The largest absolute Gasteiger partial charge is 0.336 e. The van der Waals surface area contributed by atoms with Crippen molar-refractivity contribution < 1.29 is 4.79 Å². The van der Waals surface area contributed by atoms with Gasteiger partial charge in [0.2, 0.25) is 5.91 Å². The molecule has 2 aromatic carbocycles. The summed E-state index contributed by atoms with van der Waals surface area (Å²) in [6.45, 7) is 2.45. The van der Waals surface area contributed by atoms with Crippen LogP contribution in [-0.2, 0) is 11.3 Å². The molecule has 1 aliphatic rings. The van der Waals surface area contributed by atoms with Crippen LogP contribution in [0.25, 0.3) is 10.8 Å². The van der Waals surface area contributed by atoms with E-state index in [1.54, 1.807) is 6.92 Å². The fraction of sp³-hybridized carbons (Fsp3) is 0.421. The normalized spacial score (nSPS) is 16.0. The lowest BCUT2D eigenvalue weighted by atomic mass is 9.93. The summed E-state index contributed by atoms with van der Waals surface area (Å²) in [4.78, 5) is 14.2. The summed E-state index contributed by atoms with van der Waals surface area (Å²) in [5.74, 6) is 0.204. The molecule has 1 fully saturated rings. The average Bonchev–Trinajstić information content (AvgIpc) is 2.53. The Morgan fingerprint density at radius 2 is 1.76 bits per heavy atom. The predicted octanol–water partition coefficient (Wildman–Crippen LogP) is 4.52. The third-order valence-corrected chi connectivity index (χ3v) is 4.64. The number of nitrogens with zero attached hydrogens (tertiary/aromatic N) is 1. The molecule has 110 valence electrons. The Bertz CT molecular complexity index is 623. The summed E-state index contributed by atoms with van der Waals surface area (Å²) < 4.78 is 0. The standard InChI is InChI=1S/C19H23NO/c1-15(21)20(18-11-3-2-4-12-18)14-17-10-7-9-16-8-5-6-13-19(16)17/h5-10,13,18H,2-4,11-12,14H2,1H3. The number of carbonyl (C=O) groups is 1. The molecule has 1 aliphatic carbocycles. The summed E-state index contributed by atoms with van der Waals surface area (Å²) in [7, 11) is 0. The molecule has 0 heterocycles. The van der Waals surface area contributed by atoms with Crippen molar-refractivity contribution in [2.24, 2.45) is 0 Å². The fourth-order valence-electron chi connectivity index (χ4n) is 3.50. The zero-order valence-corrected chi connectivity index (χ0v) is 12.7. The van der Waals surface area contributed by atoms with Gasteiger partial charge in [0.15, 0.2) is 0 Å². The zero-order valence-electron chi connectivity index (χ0n) is 12.7. The van der Waals surface area contributed by atoms with Crippen molar-refractivity contribution in [2.75, 3.05) is 0 Å². The molecule has 0 atom stereocenters. The lowest BCUT2D eigenvalue weighted by Gasteiger charge is -2.34. The van der Waals surface area contributed by atoms with Gasteiger partial charge >= 0.3 is 0 Å². The Morgan fingerprint density at radius 1 is 1.05 bits per heavy atom. The summed E-state index contributed by atoms with van der Waals surface area (Å²) in [5.41, 5.74) is 1.26. The molecular formula is C19H23NO. The van der Waals surface area contributed by atoms with E-state index >= 15 is 0 Å². The van der Waals surface area contributed by atoms with Gasteiger partial charge in [-0.15, -0.1) is 0 Å². The Morgan fingerprint density at radius 3 is 2.52 bits per heavy atom. The summed E-state index contributed by atoms with van der Waals surface area (Å²) >= 11 is 0. The van der Waals surface area contributed by atoms with Gasteiger partial charge in [0.1, 0.15) is 0 Å². The van der Waals surface area contributed by atoms with Crippen LogP contribution in [0.15, 0.2) is 42.5 Å². The molecule has 0 radical (unpaired) electrons. The van der Waals surface area contributed by atoms with Gasteiger partial charge in [0.05, 0.1) is 0 Å². The van der Waals surface area contributed by atoms with Crippen molar-refractivity contribution in [1.82, 2.24) is 4.90 Å². The maximum atomic E-state index is 12.1. The highest BCUT2D eigenvalue weighted by atomic mass is 16.2. The van der Waals surface area contributed by atoms with Crippen LogP contribution in [0.5, 0.6) is 0 Å². The second-order valence-corrected chi connectivity index (χ2v) is 6.08. The minimum atomic E-state index is 0.204. The summed E-state index contributed by atoms with van der Waals surface area (Å²) in [5, 5.41) is 2.52. The van der Waals surface area contributed by atoms with Crippen LogP contribution in [0, 0.1) is 0 Å². The van der Waals surface area contributed by atoms with E-state index < -0.39 is 0 Å². The minimum absolute atomic E-state index is 0.204. The monoisotopic (exact) mass is 281 g/mol. The first kappa shape index (κ1) is 14.1. The SMILES string of the molecule is CC(=O)N(Cc1cccc2ccccc12)C1CCCCC1. The number of hydrogen-bond donors (Lipinski definition) is 0. The van der Waals surface area contributed by atoms with Crippen molar-refractivity contribution >= 4 is 16.7 Å². The number of fused-ring (bicyclic) bond motifs is 1. The van der Waals surface area contributed by atoms with E-state index in [-0.39, 0.29) is 5.91 Å². The number of rotatable bonds is 3. The maximum Gasteiger partial charge on any atom is 0.219 e. The summed E-state index contributed by atoms with van der Waals surface area (Å²) in [6.07, 6.45) is 6.14. The van der Waals surface area contributed by atoms with Gasteiger partial charge in [-0.1, -0.05) is 61.7 Å². The minimum Gasteiger partial charge on any atom is -0.336 e. The van der Waals surface area contributed by atoms with E-state index in [1.807, 2.05) is 0 Å². The van der Waals surface area contributed by atoms with Crippen LogP contribution >= 0.6 is 0 Å². The van der Waals surface area contributed by atoms with Crippen LogP contribution in [0.1, 0.15) is 44.6 Å². The first-order valence-electron chi connectivity index (χ1n) is 7.99. The third kappa shape index (κ3) is 3.10. The van der Waals surface area contributed by atoms with Crippen molar-refractivity contribution in [2.45, 2.75) is 51.6 Å². The molecule has 1 saturated carbocycles. The van der Waals surface area contributed by atoms with Gasteiger partial charge in [-0.3, -0.25) is 4.79 Å². The van der Waals surface area contributed by atoms with Crippen molar-refractivity contribution in [3.8, 4) is 0 Å². The van der Waals surface area contributed by atoms with E-state index in [4.69, 9.17) is 0 Å². The summed E-state index contributed by atoms with van der Waals surface area (Å²) in [6, 6.07) is 15.2. The van der Waals surface area contributed by atoms with Crippen LogP contribution in [0.4, 0.5) is 0 Å². The van der Waals surface area contributed by atoms with E-state index in [9.17, 15) is 4.79 Å². The Labute approximate surface area is 126 Å². The van der Waals surface area contributed by atoms with Crippen molar-refractivity contribution in [3.05, 3.63) is 48.0 Å².